The minimum Gasteiger partial charge on any atom is -0.481 e. The molecular weight excluding hydrogens is 311 g/mol. The Morgan fingerprint density at radius 2 is 2.06 bits per heavy atom. The molecule has 0 bridgehead atoms. The molecule has 2 atom stereocenters. The van der Waals surface area contributed by atoms with Crippen molar-refractivity contribution in [1.29, 1.82) is 0 Å². The first-order valence-corrected chi connectivity index (χ1v) is 6.38. The second kappa shape index (κ2) is 6.35. The topological polar surface area (TPSA) is 77.8 Å². The Bertz CT molecular complexity index is 410. The molecule has 1 aromatic carbocycles. The van der Waals surface area contributed by atoms with Crippen molar-refractivity contribution in [2.75, 3.05) is 5.33 Å². The fourth-order valence-corrected chi connectivity index (χ4v) is 1.92. The SMILES string of the molecule is O=C(O)Cc1cc(C(O)C(O)CBr)ccc1Cl. The molecule has 0 aliphatic heterocycles. The van der Waals surface area contributed by atoms with Gasteiger partial charge in [0, 0.05) is 10.4 Å². The molecule has 0 amide bonds. The lowest BCUT2D eigenvalue weighted by Crippen LogP contribution is -2.19. The van der Waals surface area contributed by atoms with Crippen LogP contribution in [0.25, 0.3) is 0 Å². The molecule has 0 saturated carbocycles. The summed E-state index contributed by atoms with van der Waals surface area (Å²) < 4.78 is 0. The second-order valence-electron chi connectivity index (χ2n) is 3.59. The van der Waals surface area contributed by atoms with Crippen LogP contribution in [0.3, 0.4) is 0 Å². The number of hydrogen-bond donors (Lipinski definition) is 3. The highest BCUT2D eigenvalue weighted by atomic mass is 79.9. The van der Waals surface area contributed by atoms with E-state index in [1.807, 2.05) is 0 Å². The third kappa shape index (κ3) is 3.96. The maximum absolute atomic E-state index is 10.6. The van der Waals surface area contributed by atoms with E-state index in [-0.39, 0.29) is 11.8 Å². The molecule has 6 heteroatoms. The molecule has 1 rings (SSSR count). The molecule has 1 aromatic rings. The van der Waals surface area contributed by atoms with Gasteiger partial charge in [-0.15, -0.1) is 0 Å². The summed E-state index contributed by atoms with van der Waals surface area (Å²) in [6.45, 7) is 0. The number of benzene rings is 1. The van der Waals surface area contributed by atoms with Gasteiger partial charge in [0.2, 0.25) is 0 Å². The molecule has 0 radical (unpaired) electrons. The highest BCUT2D eigenvalue weighted by Gasteiger charge is 2.18. The zero-order valence-corrected chi connectivity index (χ0v) is 11.1. The van der Waals surface area contributed by atoms with Gasteiger partial charge in [-0.3, -0.25) is 4.79 Å². The number of hydrogen-bond acceptors (Lipinski definition) is 3. The summed E-state index contributed by atoms with van der Waals surface area (Å²) >= 11 is 8.90. The van der Waals surface area contributed by atoms with E-state index in [4.69, 9.17) is 16.7 Å². The number of halogens is 2. The maximum Gasteiger partial charge on any atom is 0.307 e. The van der Waals surface area contributed by atoms with E-state index < -0.39 is 18.2 Å². The van der Waals surface area contributed by atoms with Crippen LogP contribution in [0.5, 0.6) is 0 Å². The van der Waals surface area contributed by atoms with Crippen molar-refractivity contribution in [2.45, 2.75) is 18.6 Å². The summed E-state index contributed by atoms with van der Waals surface area (Å²) in [7, 11) is 0. The van der Waals surface area contributed by atoms with Crippen molar-refractivity contribution in [1.82, 2.24) is 0 Å². The monoisotopic (exact) mass is 322 g/mol. The number of carboxylic acids is 1. The normalized spacial score (nSPS) is 14.4. The fourth-order valence-electron chi connectivity index (χ4n) is 1.38. The van der Waals surface area contributed by atoms with Gasteiger partial charge in [0.1, 0.15) is 6.10 Å². The van der Waals surface area contributed by atoms with E-state index in [0.29, 0.717) is 16.1 Å². The molecule has 0 aromatic heterocycles. The molecule has 0 saturated heterocycles. The van der Waals surface area contributed by atoms with Gasteiger partial charge < -0.3 is 15.3 Å². The first-order chi connectivity index (χ1) is 7.95. The number of aliphatic carboxylic acids is 1. The molecule has 94 valence electrons. The van der Waals surface area contributed by atoms with Crippen molar-refractivity contribution in [3.05, 3.63) is 34.3 Å². The minimum absolute atomic E-state index is 0.218. The summed E-state index contributed by atoms with van der Waals surface area (Å²) in [6.07, 6.45) is -2.24. The molecule has 0 fully saturated rings. The van der Waals surface area contributed by atoms with Gasteiger partial charge in [-0.25, -0.2) is 0 Å². The molecule has 17 heavy (non-hydrogen) atoms. The van der Waals surface area contributed by atoms with Crippen LogP contribution in [-0.4, -0.2) is 32.7 Å². The smallest absolute Gasteiger partial charge is 0.307 e. The Balaban J connectivity index is 2.99. The summed E-state index contributed by atoms with van der Waals surface area (Å²) in [4.78, 5) is 10.6. The first-order valence-electron chi connectivity index (χ1n) is 4.88. The van der Waals surface area contributed by atoms with Crippen LogP contribution in [0.15, 0.2) is 18.2 Å². The molecule has 0 spiro atoms. The van der Waals surface area contributed by atoms with Crippen LogP contribution in [0, 0.1) is 0 Å². The van der Waals surface area contributed by atoms with E-state index in [2.05, 4.69) is 15.9 Å². The standard InChI is InChI=1S/C11H12BrClO4/c12-5-9(14)11(17)6-1-2-8(13)7(3-6)4-10(15)16/h1-3,9,11,14,17H,4-5H2,(H,15,16). The van der Waals surface area contributed by atoms with Crippen LogP contribution in [0.2, 0.25) is 5.02 Å². The van der Waals surface area contributed by atoms with Crippen molar-refractivity contribution >= 4 is 33.5 Å². The van der Waals surface area contributed by atoms with E-state index in [9.17, 15) is 15.0 Å². The second-order valence-corrected chi connectivity index (χ2v) is 4.64. The zero-order valence-electron chi connectivity index (χ0n) is 8.81. The third-order valence-electron chi connectivity index (χ3n) is 2.28. The Hall–Kier alpha value is -0.620. The Kier molecular flexibility index (Phi) is 5.39. The number of aliphatic hydroxyl groups is 2. The number of aliphatic hydroxyl groups excluding tert-OH is 2. The van der Waals surface area contributed by atoms with Gasteiger partial charge in [0.25, 0.3) is 0 Å². The first kappa shape index (κ1) is 14.4. The van der Waals surface area contributed by atoms with E-state index in [1.54, 1.807) is 6.07 Å². The van der Waals surface area contributed by atoms with Gasteiger partial charge in [0.05, 0.1) is 12.5 Å². The van der Waals surface area contributed by atoms with Crippen molar-refractivity contribution < 1.29 is 20.1 Å². The van der Waals surface area contributed by atoms with E-state index >= 15 is 0 Å². The molecule has 0 aliphatic carbocycles. The zero-order chi connectivity index (χ0) is 13.0. The number of rotatable bonds is 5. The Morgan fingerprint density at radius 1 is 1.41 bits per heavy atom. The summed E-state index contributed by atoms with van der Waals surface area (Å²) in [5.41, 5.74) is 0.857. The molecular formula is C11H12BrClO4. The highest BCUT2D eigenvalue weighted by molar-refractivity contribution is 9.09. The fraction of sp³-hybridized carbons (Fsp3) is 0.364. The van der Waals surface area contributed by atoms with Crippen LogP contribution >= 0.6 is 27.5 Å². The predicted octanol–water partition coefficient (Wildman–Crippen LogP) is 1.76. The predicted molar refractivity (Wildman–Crippen MR) is 67.6 cm³/mol. The van der Waals surface area contributed by atoms with Crippen LogP contribution in [0.4, 0.5) is 0 Å². The highest BCUT2D eigenvalue weighted by Crippen LogP contribution is 2.24. The average Bonchev–Trinajstić information content (AvgIpc) is 2.29. The lowest BCUT2D eigenvalue weighted by atomic mass is 10.0. The number of carboxylic acid groups (broad SMARTS) is 1. The van der Waals surface area contributed by atoms with Gasteiger partial charge in [0.15, 0.2) is 0 Å². The summed E-state index contributed by atoms with van der Waals surface area (Å²) in [5.74, 6) is -1.00. The lowest BCUT2D eigenvalue weighted by molar-refractivity contribution is -0.136. The van der Waals surface area contributed by atoms with Crippen molar-refractivity contribution in [2.24, 2.45) is 0 Å². The number of carbonyl (C=O) groups is 1. The number of alkyl halides is 1. The van der Waals surface area contributed by atoms with Crippen LogP contribution in [-0.2, 0) is 11.2 Å². The van der Waals surface area contributed by atoms with E-state index in [1.165, 1.54) is 12.1 Å². The lowest BCUT2D eigenvalue weighted by Gasteiger charge is -2.17. The van der Waals surface area contributed by atoms with Crippen molar-refractivity contribution in [3.63, 3.8) is 0 Å². The molecule has 4 nitrogen and oxygen atoms in total. The quantitative estimate of drug-likeness (QED) is 0.722. The van der Waals surface area contributed by atoms with Crippen LogP contribution in [0.1, 0.15) is 17.2 Å². The van der Waals surface area contributed by atoms with Crippen LogP contribution < -0.4 is 0 Å². The molecule has 0 aliphatic rings. The average molecular weight is 324 g/mol. The Morgan fingerprint density at radius 3 is 2.59 bits per heavy atom. The molecule has 3 N–H and O–H groups in total. The van der Waals surface area contributed by atoms with Crippen molar-refractivity contribution in [3.8, 4) is 0 Å². The van der Waals surface area contributed by atoms with E-state index in [0.717, 1.165) is 0 Å². The van der Waals surface area contributed by atoms with Gasteiger partial charge in [-0.2, -0.15) is 0 Å². The largest absolute Gasteiger partial charge is 0.481 e. The van der Waals surface area contributed by atoms with Gasteiger partial charge in [-0.1, -0.05) is 39.7 Å². The molecule has 2 unspecified atom stereocenters. The maximum atomic E-state index is 10.6. The molecule has 0 heterocycles. The van der Waals surface area contributed by atoms with Gasteiger partial charge >= 0.3 is 5.97 Å². The summed E-state index contributed by atoms with van der Waals surface area (Å²) in [6, 6.07) is 4.57. The minimum atomic E-state index is -1.07. The summed E-state index contributed by atoms with van der Waals surface area (Å²) in [5, 5.41) is 28.5. The van der Waals surface area contributed by atoms with Gasteiger partial charge in [-0.05, 0) is 17.2 Å². The Labute approximate surface area is 112 Å². The third-order valence-corrected chi connectivity index (χ3v) is 3.31.